The number of rotatable bonds is 4. The van der Waals surface area contributed by atoms with Crippen LogP contribution in [0.25, 0.3) is 22.3 Å². The summed E-state index contributed by atoms with van der Waals surface area (Å²) in [7, 11) is 0. The first-order chi connectivity index (χ1) is 28.7. The van der Waals surface area contributed by atoms with Crippen molar-refractivity contribution in [1.82, 2.24) is 15.3 Å². The average molecular weight is 785 g/mol. The number of aromatic amines is 2. The fourth-order valence-electron chi connectivity index (χ4n) is 10.8. The van der Waals surface area contributed by atoms with Crippen LogP contribution < -0.4 is 16.0 Å². The molecule has 5 heterocycles. The first kappa shape index (κ1) is 39.1. The highest BCUT2D eigenvalue weighted by Gasteiger charge is 2.29. The van der Waals surface area contributed by atoms with Crippen molar-refractivity contribution in [2.24, 2.45) is 4.99 Å². The van der Waals surface area contributed by atoms with Crippen LogP contribution in [0.3, 0.4) is 0 Å². The number of aryl methyl sites for hydroxylation is 12. The number of nitrogens with one attached hydrogen (secondary N) is 3. The first-order valence-corrected chi connectivity index (χ1v) is 21.3. The summed E-state index contributed by atoms with van der Waals surface area (Å²) in [6.45, 7) is 26.7. The van der Waals surface area contributed by atoms with Crippen molar-refractivity contribution in [2.45, 2.75) is 89.1 Å². The molecule has 0 spiro atoms. The third-order valence-electron chi connectivity index (χ3n) is 12.7. The van der Waals surface area contributed by atoms with Gasteiger partial charge in [0.2, 0.25) is 0 Å². The number of fused-ring (bicyclic) bond motifs is 7. The van der Waals surface area contributed by atoms with E-state index in [1.165, 1.54) is 100 Å². The molecular weight excluding hydrogens is 729 g/mol. The van der Waals surface area contributed by atoms with Crippen LogP contribution in [-0.4, -0.2) is 21.7 Å². The second-order valence-electron chi connectivity index (χ2n) is 17.8. The minimum atomic E-state index is -0.0927. The number of hydrogen-bond donors (Lipinski definition) is 3. The lowest BCUT2D eigenvalue weighted by atomic mass is 9.89. The van der Waals surface area contributed by atoms with Gasteiger partial charge in [-0.15, -0.1) is 0 Å². The van der Waals surface area contributed by atoms with E-state index < -0.39 is 0 Å². The maximum absolute atomic E-state index is 5.64. The number of nitrogens with zero attached hydrogens (tertiary/aromatic N) is 1. The lowest BCUT2D eigenvalue weighted by Gasteiger charge is -2.23. The second kappa shape index (κ2) is 14.7. The molecule has 6 aromatic rings. The maximum atomic E-state index is 5.64. The largest absolute Gasteiger partial charge is 0.374 e. The van der Waals surface area contributed by atoms with Gasteiger partial charge in [0.1, 0.15) is 0 Å². The molecule has 0 saturated carbocycles. The first-order valence-electron chi connectivity index (χ1n) is 21.3. The van der Waals surface area contributed by atoms with Gasteiger partial charge in [0.25, 0.3) is 0 Å². The van der Waals surface area contributed by atoms with E-state index in [4.69, 9.17) is 4.99 Å². The lowest BCUT2D eigenvalue weighted by Crippen LogP contribution is -2.30. The van der Waals surface area contributed by atoms with Gasteiger partial charge < -0.3 is 15.3 Å². The molecule has 2 aromatic heterocycles. The molecule has 1 atom stereocenters. The van der Waals surface area contributed by atoms with E-state index in [1.54, 1.807) is 0 Å². The predicted molar refractivity (Wildman–Crippen MR) is 253 cm³/mol. The monoisotopic (exact) mass is 784 g/mol. The predicted octanol–water partition coefficient (Wildman–Crippen LogP) is 11.2. The molecule has 3 aliphatic rings. The van der Waals surface area contributed by atoms with Crippen LogP contribution in [0.1, 0.15) is 100 Å². The minimum absolute atomic E-state index is 0.0927. The van der Waals surface area contributed by atoms with Crippen LogP contribution in [0.5, 0.6) is 0 Å². The van der Waals surface area contributed by atoms with Crippen LogP contribution in [-0.2, 0) is 0 Å². The van der Waals surface area contributed by atoms with Crippen molar-refractivity contribution in [1.29, 1.82) is 0 Å². The summed E-state index contributed by atoms with van der Waals surface area (Å²) in [6, 6.07) is 27.4. The molecule has 8 bridgehead atoms. The van der Waals surface area contributed by atoms with E-state index in [-0.39, 0.29) is 6.04 Å². The van der Waals surface area contributed by atoms with Crippen LogP contribution in [0.4, 0.5) is 0 Å². The van der Waals surface area contributed by atoms with Gasteiger partial charge in [-0.3, -0.25) is 0 Å². The molecule has 0 radical (unpaired) electrons. The summed E-state index contributed by atoms with van der Waals surface area (Å²) in [5.41, 5.74) is 29.7. The molecule has 9 rings (SSSR count). The number of H-pyrrole nitrogens is 2. The number of aromatic nitrogens is 2. The van der Waals surface area contributed by atoms with Gasteiger partial charge in [-0.1, -0.05) is 76.9 Å². The van der Waals surface area contributed by atoms with Crippen molar-refractivity contribution in [3.05, 3.63) is 220 Å². The lowest BCUT2D eigenvalue weighted by molar-refractivity contribution is 0.852. The van der Waals surface area contributed by atoms with Crippen LogP contribution >= 0.6 is 0 Å². The summed E-state index contributed by atoms with van der Waals surface area (Å²) in [5.74, 6) is 0. The molecule has 3 N–H and O–H groups in total. The van der Waals surface area contributed by atoms with E-state index in [0.29, 0.717) is 0 Å². The van der Waals surface area contributed by atoms with Gasteiger partial charge in [0.05, 0.1) is 17.5 Å². The Kier molecular flexibility index (Phi) is 9.58. The summed E-state index contributed by atoms with van der Waals surface area (Å²) < 4.78 is 0. The fourth-order valence-corrected chi connectivity index (χ4v) is 10.8. The smallest absolute Gasteiger partial charge is 0.0737 e. The molecule has 0 fully saturated rings. The van der Waals surface area contributed by atoms with E-state index in [2.05, 4.69) is 195 Å². The molecule has 0 aliphatic carbocycles. The highest BCUT2D eigenvalue weighted by molar-refractivity contribution is 6.31. The zero-order valence-corrected chi connectivity index (χ0v) is 37.3. The highest BCUT2D eigenvalue weighted by Crippen LogP contribution is 2.40. The molecule has 1 unspecified atom stereocenters. The third-order valence-corrected chi connectivity index (χ3v) is 12.7. The van der Waals surface area contributed by atoms with Gasteiger partial charge >= 0.3 is 0 Å². The van der Waals surface area contributed by atoms with E-state index in [1.807, 2.05) is 0 Å². The molecule has 0 amide bonds. The quantitative estimate of drug-likeness (QED) is 0.164. The Balaban J connectivity index is 1.46. The Morgan fingerprint density at radius 2 is 0.850 bits per heavy atom. The highest BCUT2D eigenvalue weighted by atomic mass is 15.0. The summed E-state index contributed by atoms with van der Waals surface area (Å²) in [5, 5.41) is 6.25. The van der Waals surface area contributed by atoms with Crippen molar-refractivity contribution < 1.29 is 0 Å². The summed E-state index contributed by atoms with van der Waals surface area (Å²) >= 11 is 0. The van der Waals surface area contributed by atoms with Gasteiger partial charge in [0.15, 0.2) is 0 Å². The van der Waals surface area contributed by atoms with Gasteiger partial charge in [0, 0.05) is 50.1 Å². The molecule has 60 heavy (non-hydrogen) atoms. The Hall–Kier alpha value is -6.39. The average Bonchev–Trinajstić information content (AvgIpc) is 3.99. The number of allylic oxidation sites excluding steroid dienone is 3. The number of hydrogen-bond acceptors (Lipinski definition) is 2. The van der Waals surface area contributed by atoms with Crippen LogP contribution in [0.15, 0.2) is 113 Å². The van der Waals surface area contributed by atoms with Crippen molar-refractivity contribution in [3.8, 4) is 0 Å². The van der Waals surface area contributed by atoms with E-state index in [9.17, 15) is 0 Å². The maximum Gasteiger partial charge on any atom is 0.0737 e. The Bertz CT molecular complexity index is 3030. The van der Waals surface area contributed by atoms with E-state index >= 15 is 0 Å². The standard InChI is InChI=1S/C56H56N4/c1-29-21-33(5)49(34(6)22-29)53-41-13-15-43(57-41)54(50-35(7)23-30(2)24-36(50)8)45-17-19-47(59-45)56(52-39(11)27-32(4)28-40(52)12)48-20-18-46(60-48)55(44-16-14-42(53)58-44)51-37(9)25-31(3)26-38(51)10/h13-28,41,57-59H,1-12H3/b53-42+,54-43+,55-44+,56-48+. The number of benzene rings is 4. The third kappa shape index (κ3) is 6.59. The molecule has 300 valence electrons. The van der Waals surface area contributed by atoms with Crippen LogP contribution in [0.2, 0.25) is 0 Å². The molecule has 4 nitrogen and oxygen atoms in total. The topological polar surface area (TPSA) is 56.0 Å². The van der Waals surface area contributed by atoms with Gasteiger partial charge in [-0.25, -0.2) is 4.99 Å². The molecule has 4 aromatic carbocycles. The summed E-state index contributed by atoms with van der Waals surface area (Å²) in [4.78, 5) is 13.7. The SMILES string of the molecule is Cc1cc(C)c(/C2=C3\C=CC(=N3)/C(c3c(C)cc(C)cc3C)=c3/cc/c([nH]3)=C(\c3c(C)cc(C)cc3C)C3C=C/C(=C(\c4c(C)cc(C)cc4C)c4ccc2[nH]4)N3)c(C)c1. The van der Waals surface area contributed by atoms with Crippen molar-refractivity contribution in [3.63, 3.8) is 0 Å². The van der Waals surface area contributed by atoms with E-state index in [0.717, 1.165) is 50.3 Å². The Labute approximate surface area is 355 Å². The zero-order chi connectivity index (χ0) is 42.3. The minimum Gasteiger partial charge on any atom is -0.374 e. The zero-order valence-electron chi connectivity index (χ0n) is 37.3. The molecule has 3 aliphatic heterocycles. The molecule has 4 heteroatoms. The van der Waals surface area contributed by atoms with Gasteiger partial charge in [-0.05, 0) is 192 Å². The van der Waals surface area contributed by atoms with Gasteiger partial charge in [-0.2, -0.15) is 0 Å². The summed E-state index contributed by atoms with van der Waals surface area (Å²) in [6.07, 6.45) is 9.11. The Morgan fingerprint density at radius 3 is 1.37 bits per heavy atom. The van der Waals surface area contributed by atoms with Crippen molar-refractivity contribution in [2.75, 3.05) is 0 Å². The number of aliphatic imine (C=N–C) groups is 1. The molecule has 0 saturated heterocycles. The van der Waals surface area contributed by atoms with Crippen LogP contribution in [0, 0.1) is 83.1 Å². The fraction of sp³-hybridized carbons (Fsp3) is 0.232. The normalized spacial score (nSPS) is 20.3. The Morgan fingerprint density at radius 1 is 0.417 bits per heavy atom. The second-order valence-corrected chi connectivity index (χ2v) is 17.8. The molecular formula is C56H56N4. The van der Waals surface area contributed by atoms with Crippen molar-refractivity contribution >= 4 is 28.0 Å².